The van der Waals surface area contributed by atoms with Gasteiger partial charge in [0.1, 0.15) is 6.10 Å². The molecule has 1 fully saturated rings. The van der Waals surface area contributed by atoms with Crippen molar-refractivity contribution in [1.82, 2.24) is 0 Å². The number of rotatable bonds is 4. The molecule has 0 amide bonds. The number of hydrogen-bond donors (Lipinski definition) is 0. The summed E-state index contributed by atoms with van der Waals surface area (Å²) in [5.41, 5.74) is 2.05. The molecule has 0 saturated carbocycles. The number of carbonyl (C=O) groups is 1. The maximum atomic E-state index is 12.0. The topological polar surface area (TPSA) is 29.6 Å². The summed E-state index contributed by atoms with van der Waals surface area (Å²) in [6.45, 7) is 0. The standard InChI is InChI=1S/C17H13BrO2/c18-14-8-4-5-12(11-14)9-10-15(19)17-16(20-17)13-6-2-1-3-7-13/h1-11,16-17H/b10-9+/t16-,17+/m1/s1. The zero-order valence-electron chi connectivity index (χ0n) is 10.7. The molecule has 0 unspecified atom stereocenters. The van der Waals surface area contributed by atoms with E-state index in [9.17, 15) is 4.79 Å². The third-order valence-electron chi connectivity index (χ3n) is 3.19. The van der Waals surface area contributed by atoms with Gasteiger partial charge in [-0.25, -0.2) is 0 Å². The molecule has 3 heteroatoms. The van der Waals surface area contributed by atoms with Crippen molar-refractivity contribution in [3.8, 4) is 0 Å². The Morgan fingerprint density at radius 3 is 2.65 bits per heavy atom. The average molecular weight is 329 g/mol. The second kappa shape index (κ2) is 5.73. The average Bonchev–Trinajstić information content (AvgIpc) is 3.26. The molecule has 2 atom stereocenters. The van der Waals surface area contributed by atoms with E-state index in [1.807, 2.05) is 60.7 Å². The first-order valence-corrected chi connectivity index (χ1v) is 7.21. The molecule has 0 bridgehead atoms. The number of halogens is 1. The van der Waals surface area contributed by atoms with Crippen LogP contribution in [0.25, 0.3) is 6.08 Å². The van der Waals surface area contributed by atoms with Crippen LogP contribution in [-0.4, -0.2) is 11.9 Å². The van der Waals surface area contributed by atoms with E-state index in [1.165, 1.54) is 0 Å². The van der Waals surface area contributed by atoms with Gasteiger partial charge >= 0.3 is 0 Å². The van der Waals surface area contributed by atoms with Crippen LogP contribution in [0.3, 0.4) is 0 Å². The van der Waals surface area contributed by atoms with Gasteiger partial charge in [-0.3, -0.25) is 4.79 Å². The Morgan fingerprint density at radius 2 is 1.90 bits per heavy atom. The Balaban J connectivity index is 1.64. The van der Waals surface area contributed by atoms with E-state index in [2.05, 4.69) is 15.9 Å². The van der Waals surface area contributed by atoms with Gasteiger partial charge in [0.05, 0.1) is 0 Å². The number of ether oxygens (including phenoxy) is 1. The van der Waals surface area contributed by atoms with Gasteiger partial charge in [-0.05, 0) is 29.3 Å². The van der Waals surface area contributed by atoms with Crippen molar-refractivity contribution in [1.29, 1.82) is 0 Å². The van der Waals surface area contributed by atoms with Crippen molar-refractivity contribution in [2.24, 2.45) is 0 Å². The molecular formula is C17H13BrO2. The van der Waals surface area contributed by atoms with Gasteiger partial charge in [0.15, 0.2) is 11.9 Å². The highest BCUT2D eigenvalue weighted by molar-refractivity contribution is 9.10. The number of ketones is 1. The summed E-state index contributed by atoms with van der Waals surface area (Å²) >= 11 is 3.41. The summed E-state index contributed by atoms with van der Waals surface area (Å²) in [5.74, 6) is 0.0128. The lowest BCUT2D eigenvalue weighted by atomic mass is 10.1. The molecule has 1 aliphatic heterocycles. The Bertz CT molecular complexity index is 649. The number of carbonyl (C=O) groups excluding carboxylic acids is 1. The zero-order valence-corrected chi connectivity index (χ0v) is 12.3. The number of hydrogen-bond acceptors (Lipinski definition) is 2. The van der Waals surface area contributed by atoms with E-state index >= 15 is 0 Å². The molecule has 0 aromatic heterocycles. The van der Waals surface area contributed by atoms with Crippen LogP contribution in [0.5, 0.6) is 0 Å². The first-order chi connectivity index (χ1) is 9.74. The smallest absolute Gasteiger partial charge is 0.187 e. The van der Waals surface area contributed by atoms with Crippen LogP contribution in [0.1, 0.15) is 17.2 Å². The van der Waals surface area contributed by atoms with Crippen molar-refractivity contribution < 1.29 is 9.53 Å². The van der Waals surface area contributed by atoms with Crippen LogP contribution in [0.2, 0.25) is 0 Å². The first kappa shape index (κ1) is 13.3. The number of epoxide rings is 1. The molecular weight excluding hydrogens is 316 g/mol. The van der Waals surface area contributed by atoms with E-state index in [0.29, 0.717) is 0 Å². The summed E-state index contributed by atoms with van der Waals surface area (Å²) < 4.78 is 6.46. The summed E-state index contributed by atoms with van der Waals surface area (Å²) in [5, 5.41) is 0. The normalized spacial score (nSPS) is 21.1. The van der Waals surface area contributed by atoms with Gasteiger partial charge in [0.25, 0.3) is 0 Å². The van der Waals surface area contributed by atoms with Crippen molar-refractivity contribution >= 4 is 27.8 Å². The van der Waals surface area contributed by atoms with E-state index < -0.39 is 0 Å². The van der Waals surface area contributed by atoms with Crippen LogP contribution in [0.4, 0.5) is 0 Å². The fourth-order valence-corrected chi connectivity index (χ4v) is 2.53. The highest BCUT2D eigenvalue weighted by Gasteiger charge is 2.44. The summed E-state index contributed by atoms with van der Waals surface area (Å²) in [4.78, 5) is 12.0. The van der Waals surface area contributed by atoms with Crippen LogP contribution in [-0.2, 0) is 9.53 Å². The van der Waals surface area contributed by atoms with Crippen LogP contribution < -0.4 is 0 Å². The van der Waals surface area contributed by atoms with Gasteiger partial charge in [-0.2, -0.15) is 0 Å². The minimum absolute atomic E-state index is 0.0128. The zero-order chi connectivity index (χ0) is 13.9. The molecule has 0 spiro atoms. The molecule has 2 aromatic rings. The second-order valence-corrected chi connectivity index (χ2v) is 5.59. The van der Waals surface area contributed by atoms with Crippen molar-refractivity contribution in [2.75, 3.05) is 0 Å². The lowest BCUT2D eigenvalue weighted by Crippen LogP contribution is -2.03. The van der Waals surface area contributed by atoms with Crippen molar-refractivity contribution in [3.63, 3.8) is 0 Å². The van der Waals surface area contributed by atoms with Crippen LogP contribution in [0, 0.1) is 0 Å². The Labute approximate surface area is 126 Å². The van der Waals surface area contributed by atoms with Gasteiger partial charge in [0.2, 0.25) is 0 Å². The molecule has 0 radical (unpaired) electrons. The lowest BCUT2D eigenvalue weighted by molar-refractivity contribution is -0.115. The van der Waals surface area contributed by atoms with E-state index in [4.69, 9.17) is 4.74 Å². The van der Waals surface area contributed by atoms with E-state index in [0.717, 1.165) is 15.6 Å². The maximum absolute atomic E-state index is 12.0. The SMILES string of the molecule is O=C(/C=C/c1cccc(Br)c1)[C@@H]1O[C@@H]1c1ccccc1. The predicted octanol–water partition coefficient (Wildman–Crippen LogP) is 4.17. The molecule has 1 aliphatic rings. The van der Waals surface area contributed by atoms with Gasteiger partial charge in [-0.15, -0.1) is 0 Å². The van der Waals surface area contributed by atoms with Gasteiger partial charge < -0.3 is 4.74 Å². The molecule has 0 N–H and O–H groups in total. The molecule has 2 nitrogen and oxygen atoms in total. The predicted molar refractivity (Wildman–Crippen MR) is 82.2 cm³/mol. The van der Waals surface area contributed by atoms with E-state index in [1.54, 1.807) is 6.08 Å². The van der Waals surface area contributed by atoms with Crippen LogP contribution in [0.15, 0.2) is 65.1 Å². The highest BCUT2D eigenvalue weighted by atomic mass is 79.9. The third-order valence-corrected chi connectivity index (χ3v) is 3.68. The minimum Gasteiger partial charge on any atom is -0.356 e. The minimum atomic E-state index is -0.333. The largest absolute Gasteiger partial charge is 0.356 e. The molecule has 1 heterocycles. The van der Waals surface area contributed by atoms with Crippen LogP contribution >= 0.6 is 15.9 Å². The quantitative estimate of drug-likeness (QED) is 0.622. The maximum Gasteiger partial charge on any atom is 0.187 e. The molecule has 0 aliphatic carbocycles. The summed E-state index contributed by atoms with van der Waals surface area (Å²) in [6, 6.07) is 17.6. The number of benzene rings is 2. The fourth-order valence-electron chi connectivity index (χ4n) is 2.11. The molecule has 3 rings (SSSR count). The molecule has 1 saturated heterocycles. The monoisotopic (exact) mass is 328 g/mol. The van der Waals surface area contributed by atoms with Crippen molar-refractivity contribution in [2.45, 2.75) is 12.2 Å². The van der Waals surface area contributed by atoms with E-state index in [-0.39, 0.29) is 18.0 Å². The van der Waals surface area contributed by atoms with Gasteiger partial charge in [-0.1, -0.05) is 64.5 Å². The second-order valence-electron chi connectivity index (χ2n) is 4.68. The Morgan fingerprint density at radius 1 is 1.10 bits per heavy atom. The lowest BCUT2D eigenvalue weighted by Gasteiger charge is -1.94. The first-order valence-electron chi connectivity index (χ1n) is 6.42. The molecule has 2 aromatic carbocycles. The summed E-state index contributed by atoms with van der Waals surface area (Å²) in [6.07, 6.45) is 2.99. The Hall–Kier alpha value is -1.71. The summed E-state index contributed by atoms with van der Waals surface area (Å²) in [7, 11) is 0. The Kier molecular flexibility index (Phi) is 3.81. The third kappa shape index (κ3) is 3.06. The van der Waals surface area contributed by atoms with Crippen molar-refractivity contribution in [3.05, 3.63) is 76.3 Å². The highest BCUT2D eigenvalue weighted by Crippen LogP contribution is 2.39. The molecule has 20 heavy (non-hydrogen) atoms. The molecule has 100 valence electrons. The fraction of sp³-hybridized carbons (Fsp3) is 0.118. The van der Waals surface area contributed by atoms with Gasteiger partial charge in [0, 0.05) is 4.47 Å².